The van der Waals surface area contributed by atoms with E-state index >= 15 is 0 Å². The fourth-order valence-electron chi connectivity index (χ4n) is 1.87. The highest BCUT2D eigenvalue weighted by molar-refractivity contribution is 5.85. The number of hydrogen-bond acceptors (Lipinski definition) is 3. The van der Waals surface area contributed by atoms with Crippen LogP contribution in [-0.4, -0.2) is 11.4 Å². The Kier molecular flexibility index (Phi) is 3.26. The third kappa shape index (κ3) is 1.97. The van der Waals surface area contributed by atoms with Gasteiger partial charge in [0.05, 0.1) is 5.69 Å². The van der Waals surface area contributed by atoms with Crippen LogP contribution in [0.2, 0.25) is 0 Å². The molecule has 1 aromatic carbocycles. The van der Waals surface area contributed by atoms with E-state index in [1.54, 1.807) is 0 Å². The van der Waals surface area contributed by atoms with Crippen LogP contribution in [0.15, 0.2) is 36.7 Å². The first-order chi connectivity index (χ1) is 7.88. The lowest BCUT2D eigenvalue weighted by molar-refractivity contribution is 0.174. The number of benzene rings is 1. The number of ether oxygens (including phenoxy) is 2. The summed E-state index contributed by atoms with van der Waals surface area (Å²) < 4.78 is 12.7. The maximum atomic E-state index is 5.74. The number of rotatable bonds is 2. The van der Waals surface area contributed by atoms with Crippen LogP contribution in [0.4, 0.5) is 0 Å². The summed E-state index contributed by atoms with van der Waals surface area (Å²) in [6, 6.07) is 7.86. The number of nitrogens with zero attached hydrogens (tertiary/aromatic N) is 1. The predicted molar refractivity (Wildman–Crippen MR) is 67.0 cm³/mol. The first-order valence-corrected chi connectivity index (χ1v) is 5.14. The van der Waals surface area contributed by atoms with Crippen LogP contribution in [0, 0.1) is 0 Å². The highest BCUT2D eigenvalue weighted by Gasteiger charge is 2.17. The van der Waals surface area contributed by atoms with Crippen LogP contribution in [0.1, 0.15) is 5.56 Å². The topological polar surface area (TPSA) is 49.4 Å². The molecule has 0 spiro atoms. The summed E-state index contributed by atoms with van der Waals surface area (Å²) in [4.78, 5) is 0. The minimum absolute atomic E-state index is 0. The Morgan fingerprint density at radius 1 is 1.12 bits per heavy atom. The molecular weight excluding hydrogens is 240 g/mol. The van der Waals surface area contributed by atoms with Gasteiger partial charge in [-0.3, -0.25) is 0 Å². The zero-order valence-corrected chi connectivity index (χ0v) is 9.94. The van der Waals surface area contributed by atoms with E-state index in [-0.39, 0.29) is 19.2 Å². The van der Waals surface area contributed by atoms with Crippen molar-refractivity contribution >= 4 is 12.4 Å². The van der Waals surface area contributed by atoms with Gasteiger partial charge in [-0.1, -0.05) is 0 Å². The average molecular weight is 253 g/mol. The Morgan fingerprint density at radius 2 is 1.76 bits per heavy atom. The lowest BCUT2D eigenvalue weighted by Gasteiger charge is -2.10. The van der Waals surface area contributed by atoms with Crippen molar-refractivity contribution in [3.05, 3.63) is 42.2 Å². The fourth-order valence-corrected chi connectivity index (χ4v) is 1.87. The van der Waals surface area contributed by atoms with Gasteiger partial charge in [-0.25, -0.2) is 0 Å². The van der Waals surface area contributed by atoms with Crippen LogP contribution in [0.25, 0.3) is 5.69 Å². The van der Waals surface area contributed by atoms with Crippen LogP contribution in [0.3, 0.4) is 0 Å². The molecule has 3 rings (SSSR count). The monoisotopic (exact) mass is 252 g/mol. The van der Waals surface area contributed by atoms with Crippen LogP contribution < -0.4 is 15.2 Å². The summed E-state index contributed by atoms with van der Waals surface area (Å²) in [5, 5.41) is 0. The SMILES string of the molecule is Cl.NCc1cc2c(cc1-n1cccc1)OCO2. The number of aromatic nitrogens is 1. The van der Waals surface area contributed by atoms with Gasteiger partial charge in [0.2, 0.25) is 6.79 Å². The molecule has 0 fully saturated rings. The molecule has 0 unspecified atom stereocenters. The van der Waals surface area contributed by atoms with E-state index < -0.39 is 0 Å². The number of halogens is 1. The van der Waals surface area contributed by atoms with E-state index in [0.29, 0.717) is 6.54 Å². The highest BCUT2D eigenvalue weighted by Crippen LogP contribution is 2.36. The lowest BCUT2D eigenvalue weighted by atomic mass is 10.1. The summed E-state index contributed by atoms with van der Waals surface area (Å²) in [5.74, 6) is 1.55. The summed E-state index contributed by atoms with van der Waals surface area (Å²) >= 11 is 0. The summed E-state index contributed by atoms with van der Waals surface area (Å²) in [7, 11) is 0. The number of nitrogens with two attached hydrogens (primary N) is 1. The molecule has 2 N–H and O–H groups in total. The molecule has 1 aromatic heterocycles. The molecule has 0 amide bonds. The van der Waals surface area contributed by atoms with Crippen LogP contribution in [0.5, 0.6) is 11.5 Å². The molecule has 0 radical (unpaired) electrons. The molecule has 0 bridgehead atoms. The largest absolute Gasteiger partial charge is 0.454 e. The molecule has 1 aliphatic rings. The molecule has 0 aliphatic carbocycles. The first kappa shape index (κ1) is 11.8. The summed E-state index contributed by atoms with van der Waals surface area (Å²) in [5.41, 5.74) is 7.82. The van der Waals surface area contributed by atoms with Crippen molar-refractivity contribution in [2.45, 2.75) is 6.54 Å². The van der Waals surface area contributed by atoms with E-state index in [2.05, 4.69) is 0 Å². The van der Waals surface area contributed by atoms with Crippen molar-refractivity contribution in [3.63, 3.8) is 0 Å². The summed E-state index contributed by atoms with van der Waals surface area (Å²) in [6.07, 6.45) is 3.97. The normalized spacial score (nSPS) is 12.3. The van der Waals surface area contributed by atoms with Crippen LogP contribution >= 0.6 is 12.4 Å². The minimum Gasteiger partial charge on any atom is -0.454 e. The standard InChI is InChI=1S/C12H12N2O2.ClH/c13-7-9-5-11-12(16-8-15-11)6-10(9)14-3-1-2-4-14;/h1-6H,7-8,13H2;1H. The Morgan fingerprint density at radius 3 is 2.41 bits per heavy atom. The Balaban J connectivity index is 0.00000108. The Bertz CT molecular complexity index is 511. The Labute approximate surface area is 105 Å². The molecule has 4 nitrogen and oxygen atoms in total. The van der Waals surface area contributed by atoms with E-state index in [4.69, 9.17) is 15.2 Å². The van der Waals surface area contributed by atoms with Crippen molar-refractivity contribution in [1.82, 2.24) is 4.57 Å². The van der Waals surface area contributed by atoms with Gasteiger partial charge < -0.3 is 19.8 Å². The molecule has 5 heteroatoms. The van der Waals surface area contributed by atoms with E-state index in [1.165, 1.54) is 0 Å². The van der Waals surface area contributed by atoms with E-state index in [0.717, 1.165) is 22.7 Å². The van der Waals surface area contributed by atoms with Gasteiger partial charge in [-0.15, -0.1) is 12.4 Å². The molecule has 17 heavy (non-hydrogen) atoms. The van der Waals surface area contributed by atoms with Gasteiger partial charge in [-0.05, 0) is 23.8 Å². The van der Waals surface area contributed by atoms with Crippen molar-refractivity contribution in [2.75, 3.05) is 6.79 Å². The second-order valence-electron chi connectivity index (χ2n) is 3.63. The number of hydrogen-bond donors (Lipinski definition) is 1. The van der Waals surface area contributed by atoms with Crippen molar-refractivity contribution in [1.29, 1.82) is 0 Å². The van der Waals surface area contributed by atoms with Gasteiger partial charge in [0, 0.05) is 25.0 Å². The third-order valence-corrected chi connectivity index (χ3v) is 2.68. The summed E-state index contributed by atoms with van der Waals surface area (Å²) in [6.45, 7) is 0.763. The molecule has 2 aromatic rings. The maximum Gasteiger partial charge on any atom is 0.231 e. The quantitative estimate of drug-likeness (QED) is 0.890. The average Bonchev–Trinajstić information content (AvgIpc) is 2.97. The second-order valence-corrected chi connectivity index (χ2v) is 3.63. The molecule has 1 aliphatic heterocycles. The molecule has 2 heterocycles. The molecule has 0 saturated carbocycles. The molecule has 0 saturated heterocycles. The zero-order chi connectivity index (χ0) is 11.0. The minimum atomic E-state index is 0. The van der Waals surface area contributed by atoms with Crippen molar-refractivity contribution < 1.29 is 9.47 Å². The van der Waals surface area contributed by atoms with Crippen molar-refractivity contribution in [2.24, 2.45) is 5.73 Å². The van der Waals surface area contributed by atoms with Gasteiger partial charge in [0.15, 0.2) is 11.5 Å². The van der Waals surface area contributed by atoms with Gasteiger partial charge in [-0.2, -0.15) is 0 Å². The number of fused-ring (bicyclic) bond motifs is 1. The zero-order valence-electron chi connectivity index (χ0n) is 9.13. The highest BCUT2D eigenvalue weighted by atomic mass is 35.5. The van der Waals surface area contributed by atoms with Gasteiger partial charge in [0.25, 0.3) is 0 Å². The maximum absolute atomic E-state index is 5.74. The smallest absolute Gasteiger partial charge is 0.231 e. The third-order valence-electron chi connectivity index (χ3n) is 2.68. The molecule has 90 valence electrons. The fraction of sp³-hybridized carbons (Fsp3) is 0.167. The first-order valence-electron chi connectivity index (χ1n) is 5.14. The van der Waals surface area contributed by atoms with E-state index in [9.17, 15) is 0 Å². The van der Waals surface area contributed by atoms with E-state index in [1.807, 2.05) is 41.2 Å². The molecule has 0 atom stereocenters. The Hall–Kier alpha value is -1.65. The van der Waals surface area contributed by atoms with Crippen LogP contribution in [-0.2, 0) is 6.54 Å². The van der Waals surface area contributed by atoms with Crippen molar-refractivity contribution in [3.8, 4) is 17.2 Å². The van der Waals surface area contributed by atoms with Gasteiger partial charge >= 0.3 is 0 Å². The predicted octanol–water partition coefficient (Wildman–Crippen LogP) is 2.09. The lowest BCUT2D eigenvalue weighted by Crippen LogP contribution is -2.03. The van der Waals surface area contributed by atoms with Gasteiger partial charge in [0.1, 0.15) is 0 Å². The molecular formula is C12H13ClN2O2. The second kappa shape index (κ2) is 4.69.